The molecular formula is C60H73N5O2S2. The average Bonchev–Trinajstić information content (AvgIpc) is 4.21. The number of rotatable bonds is 20. The van der Waals surface area contributed by atoms with Crippen molar-refractivity contribution < 1.29 is 4.92 Å². The van der Waals surface area contributed by atoms with Crippen molar-refractivity contribution in [1.29, 1.82) is 0 Å². The number of hydrogen-bond acceptors (Lipinski definition) is 6. The topological polar surface area (TPSA) is 100 Å². The van der Waals surface area contributed by atoms with E-state index in [1.807, 2.05) is 0 Å². The van der Waals surface area contributed by atoms with Crippen LogP contribution in [0.3, 0.4) is 0 Å². The number of nitrogens with zero attached hydrogens (tertiary/aromatic N) is 3. The van der Waals surface area contributed by atoms with Gasteiger partial charge in [-0.3, -0.25) is 10.1 Å². The highest BCUT2D eigenvalue weighted by Crippen LogP contribution is 2.44. The predicted octanol–water partition coefficient (Wildman–Crippen LogP) is 17.4. The number of aryl methyl sites for hydroxylation is 6. The van der Waals surface area contributed by atoms with E-state index in [0.717, 1.165) is 173 Å². The third-order valence-electron chi connectivity index (χ3n) is 14.1. The molecule has 2 aliphatic rings. The fraction of sp³-hybridized carbons (Fsp3) is 0.467. The van der Waals surface area contributed by atoms with Gasteiger partial charge >= 0.3 is 5.00 Å². The molecule has 0 saturated carbocycles. The van der Waals surface area contributed by atoms with Crippen LogP contribution in [-0.2, 0) is 38.5 Å². The van der Waals surface area contributed by atoms with E-state index in [1.165, 1.54) is 74.3 Å². The van der Waals surface area contributed by atoms with Crippen molar-refractivity contribution in [3.05, 3.63) is 107 Å². The van der Waals surface area contributed by atoms with Crippen LogP contribution in [0.4, 0.5) is 5.00 Å². The van der Waals surface area contributed by atoms with E-state index in [1.54, 1.807) is 11.3 Å². The number of fused-ring (bicyclic) bond motifs is 8. The number of aromatic amines is 2. The van der Waals surface area contributed by atoms with Crippen molar-refractivity contribution in [1.82, 2.24) is 19.9 Å². The van der Waals surface area contributed by atoms with E-state index in [9.17, 15) is 10.1 Å². The lowest BCUT2D eigenvalue weighted by atomic mass is 9.94. The molecule has 2 aliphatic heterocycles. The molecule has 69 heavy (non-hydrogen) atoms. The summed E-state index contributed by atoms with van der Waals surface area (Å²) in [4.78, 5) is 34.0. The first kappa shape index (κ1) is 51.4. The lowest BCUT2D eigenvalue weighted by molar-refractivity contribution is -0.380. The van der Waals surface area contributed by atoms with Gasteiger partial charge in [-0.1, -0.05) is 119 Å². The fourth-order valence-electron chi connectivity index (χ4n) is 10.7. The Balaban J connectivity index is 1.48. The molecule has 9 heteroatoms. The van der Waals surface area contributed by atoms with Gasteiger partial charge in [0.05, 0.1) is 43.0 Å². The molecule has 7 rings (SSSR count). The summed E-state index contributed by atoms with van der Waals surface area (Å²) in [5.41, 5.74) is 21.5. The first-order valence-electron chi connectivity index (χ1n) is 26.3. The number of nitro groups is 1. The van der Waals surface area contributed by atoms with Crippen LogP contribution in [0.2, 0.25) is 0 Å². The van der Waals surface area contributed by atoms with E-state index in [0.29, 0.717) is 0 Å². The molecule has 0 amide bonds. The maximum Gasteiger partial charge on any atom is 0.327 e. The summed E-state index contributed by atoms with van der Waals surface area (Å²) in [5.74, 6) is 13.9. The predicted molar refractivity (Wildman–Crippen MR) is 297 cm³/mol. The molecular weight excluding hydrogens is 887 g/mol. The maximum absolute atomic E-state index is 12.2. The third-order valence-corrected chi connectivity index (χ3v) is 16.6. The minimum absolute atomic E-state index is 0.198. The van der Waals surface area contributed by atoms with Gasteiger partial charge in [-0.2, -0.15) is 0 Å². The number of aromatic nitrogens is 4. The largest absolute Gasteiger partial charge is 0.355 e. The molecule has 0 aromatic carbocycles. The Morgan fingerprint density at radius 3 is 1.39 bits per heavy atom. The summed E-state index contributed by atoms with van der Waals surface area (Å²) in [7, 11) is 0. The van der Waals surface area contributed by atoms with E-state index in [4.69, 9.17) is 9.97 Å². The van der Waals surface area contributed by atoms with Gasteiger partial charge < -0.3 is 9.97 Å². The zero-order chi connectivity index (χ0) is 49.2. The summed E-state index contributed by atoms with van der Waals surface area (Å²) in [6, 6.07) is 11.2. The third kappa shape index (κ3) is 10.8. The number of unbranched alkanes of at least 4 members (excludes halogenated alkanes) is 6. The van der Waals surface area contributed by atoms with Crippen LogP contribution < -0.4 is 0 Å². The molecule has 2 N–H and O–H groups in total. The van der Waals surface area contributed by atoms with Crippen molar-refractivity contribution in [2.75, 3.05) is 0 Å². The number of hydrogen-bond donors (Lipinski definition) is 2. The van der Waals surface area contributed by atoms with Crippen LogP contribution in [-0.4, -0.2) is 24.9 Å². The summed E-state index contributed by atoms with van der Waals surface area (Å²) < 4.78 is 0. The number of H-pyrrole nitrogens is 2. The second-order valence-corrected chi connectivity index (χ2v) is 20.4. The minimum atomic E-state index is -0.198. The number of nitrogens with one attached hydrogen (secondary N) is 2. The van der Waals surface area contributed by atoms with Gasteiger partial charge in [0.2, 0.25) is 0 Å². The zero-order valence-electron chi connectivity index (χ0n) is 43.1. The van der Waals surface area contributed by atoms with Crippen LogP contribution in [0.25, 0.3) is 54.1 Å². The van der Waals surface area contributed by atoms with Crippen molar-refractivity contribution in [2.45, 2.75) is 185 Å². The molecule has 0 fully saturated rings. The van der Waals surface area contributed by atoms with Crippen LogP contribution in [0, 0.1) is 33.8 Å². The van der Waals surface area contributed by atoms with Crippen molar-refractivity contribution >= 4 is 72.0 Å². The van der Waals surface area contributed by atoms with E-state index >= 15 is 0 Å². The SMILES string of the molecule is CCCCCCc1cc(-c2cc(CCCCCC)c([N+](=O)[O-])s2)sc1C#CC#Cc1c2nc(cc3[nH]c(cc4[nH]c(cc5nc1C(CC)=C5CC)c(CC)c4CC)c(CC)c3CC)C(CC)=C2CC. The summed E-state index contributed by atoms with van der Waals surface area (Å²) in [6.07, 6.45) is 17.6. The first-order chi connectivity index (χ1) is 33.6. The smallest absolute Gasteiger partial charge is 0.327 e. The van der Waals surface area contributed by atoms with Crippen molar-refractivity contribution in [3.8, 4) is 33.4 Å². The van der Waals surface area contributed by atoms with Gasteiger partial charge in [-0.25, -0.2) is 9.97 Å². The monoisotopic (exact) mass is 960 g/mol. The zero-order valence-corrected chi connectivity index (χ0v) is 44.7. The van der Waals surface area contributed by atoms with Crippen LogP contribution in [0.15, 0.2) is 30.3 Å². The highest BCUT2D eigenvalue weighted by molar-refractivity contribution is 7.24. The Morgan fingerprint density at radius 1 is 0.507 bits per heavy atom. The Kier molecular flexibility index (Phi) is 17.8. The van der Waals surface area contributed by atoms with Gasteiger partial charge in [-0.05, 0) is 181 Å². The molecule has 0 unspecified atom stereocenters. The van der Waals surface area contributed by atoms with Crippen LogP contribution >= 0.6 is 22.7 Å². The maximum atomic E-state index is 12.2. The van der Waals surface area contributed by atoms with Gasteiger partial charge in [0, 0.05) is 32.5 Å². The Labute approximate surface area is 420 Å². The highest BCUT2D eigenvalue weighted by Gasteiger charge is 2.27. The molecule has 7 heterocycles. The second-order valence-electron chi connectivity index (χ2n) is 18.3. The Bertz CT molecular complexity index is 2950. The van der Waals surface area contributed by atoms with Gasteiger partial charge in [0.25, 0.3) is 0 Å². The molecule has 0 atom stereocenters. The standard InChI is InChI=1S/C60H73N5O2S2/c1-11-21-23-25-29-38-33-56(57-34-39(30-26-24-22-12-2)60(69-57)65(66)67)68-55(38)32-28-27-31-48-58-46(19-9)44(17-7)53(63-58)36-51-42(15-5)40(13-3)49(61-51)35-50-41(14-4)43(16-6)52(62-50)37-54-45(18-8)47(20-10)59(48)64-54/h33-37,61-62H,11-26,29-30H2,1-10H3. The quantitative estimate of drug-likeness (QED) is 0.0351. The summed E-state index contributed by atoms with van der Waals surface area (Å²) >= 11 is 2.94. The molecule has 0 aliphatic carbocycles. The van der Waals surface area contributed by atoms with Gasteiger partial charge in [0.15, 0.2) is 0 Å². The number of thiophene rings is 2. The molecule has 5 aromatic heterocycles. The fourth-order valence-corrected chi connectivity index (χ4v) is 12.9. The molecule has 5 aromatic rings. The Hall–Kier alpha value is -5.48. The highest BCUT2D eigenvalue weighted by atomic mass is 32.1. The van der Waals surface area contributed by atoms with Crippen molar-refractivity contribution in [2.24, 2.45) is 0 Å². The number of allylic oxidation sites excluding steroid dienone is 4. The second kappa shape index (κ2) is 23.9. The van der Waals surface area contributed by atoms with Gasteiger partial charge in [0.1, 0.15) is 0 Å². The molecule has 7 nitrogen and oxygen atoms in total. The average molecular weight is 960 g/mol. The molecule has 0 saturated heterocycles. The minimum Gasteiger partial charge on any atom is -0.355 e. The Morgan fingerprint density at radius 2 is 0.942 bits per heavy atom. The van der Waals surface area contributed by atoms with Crippen LogP contribution in [0.1, 0.15) is 213 Å². The lowest BCUT2D eigenvalue weighted by Gasteiger charge is -2.08. The van der Waals surface area contributed by atoms with Crippen LogP contribution in [0.5, 0.6) is 0 Å². The van der Waals surface area contributed by atoms with Gasteiger partial charge in [-0.15, -0.1) is 11.3 Å². The van der Waals surface area contributed by atoms with E-state index in [2.05, 4.69) is 133 Å². The molecule has 362 valence electrons. The lowest BCUT2D eigenvalue weighted by Crippen LogP contribution is -1.95. The molecule has 8 bridgehead atoms. The molecule has 0 spiro atoms. The first-order valence-corrected chi connectivity index (χ1v) is 27.9. The summed E-state index contributed by atoms with van der Waals surface area (Å²) in [6.45, 7) is 22.4. The molecule has 0 radical (unpaired) electrons. The van der Waals surface area contributed by atoms with E-state index in [-0.39, 0.29) is 9.92 Å². The van der Waals surface area contributed by atoms with E-state index < -0.39 is 0 Å². The summed E-state index contributed by atoms with van der Waals surface area (Å²) in [5, 5.41) is 12.5. The normalized spacial score (nSPS) is 12.4. The van der Waals surface area contributed by atoms with Crippen molar-refractivity contribution in [3.63, 3.8) is 0 Å².